The molecule has 0 saturated heterocycles. The lowest BCUT2D eigenvalue weighted by Crippen LogP contribution is -2.50. The van der Waals surface area contributed by atoms with Gasteiger partial charge in [-0.2, -0.15) is 0 Å². The largest absolute Gasteiger partial charge is 0.357 e. The minimum Gasteiger partial charge on any atom is -0.357 e. The summed E-state index contributed by atoms with van der Waals surface area (Å²) >= 11 is 12.2. The Hall–Kier alpha value is -3.07. The van der Waals surface area contributed by atoms with Gasteiger partial charge in [0.2, 0.25) is 11.8 Å². The Morgan fingerprint density at radius 1 is 0.946 bits per heavy atom. The van der Waals surface area contributed by atoms with Crippen LogP contribution < -0.4 is 9.62 Å². The van der Waals surface area contributed by atoms with E-state index in [0.29, 0.717) is 26.9 Å². The van der Waals surface area contributed by atoms with E-state index in [4.69, 9.17) is 23.2 Å². The number of rotatable bonds is 9. The Balaban J connectivity index is 2.07. The number of carbonyl (C=O) groups is 2. The van der Waals surface area contributed by atoms with Crippen molar-refractivity contribution in [2.45, 2.75) is 38.3 Å². The molecule has 0 aliphatic heterocycles. The Morgan fingerprint density at radius 3 is 2.24 bits per heavy atom. The minimum absolute atomic E-state index is 0.0241. The second kappa shape index (κ2) is 12.0. The number of anilines is 1. The number of benzene rings is 3. The molecule has 0 fully saturated rings. The number of sulfonamides is 1. The molecular weight excluding hydrogens is 533 g/mol. The lowest BCUT2D eigenvalue weighted by atomic mass is 10.1. The summed E-state index contributed by atoms with van der Waals surface area (Å²) in [6, 6.07) is 17.4. The number of amides is 2. The molecule has 1 N–H and O–H groups in total. The summed E-state index contributed by atoms with van der Waals surface area (Å²) < 4.78 is 28.7. The maximum absolute atomic E-state index is 13.8. The quantitative estimate of drug-likeness (QED) is 0.399. The average Bonchev–Trinajstić information content (AvgIpc) is 2.88. The number of nitrogens with one attached hydrogen (secondary N) is 1. The van der Waals surface area contributed by atoms with Crippen LogP contribution in [0.1, 0.15) is 23.6 Å². The first-order chi connectivity index (χ1) is 17.4. The van der Waals surface area contributed by atoms with Crippen molar-refractivity contribution in [2.75, 3.05) is 17.9 Å². The Labute approximate surface area is 228 Å². The van der Waals surface area contributed by atoms with Gasteiger partial charge in [-0.3, -0.25) is 13.9 Å². The van der Waals surface area contributed by atoms with Gasteiger partial charge in [0.1, 0.15) is 12.6 Å². The second-order valence-electron chi connectivity index (χ2n) is 8.67. The lowest BCUT2D eigenvalue weighted by Gasteiger charge is -2.32. The predicted octanol–water partition coefficient (Wildman–Crippen LogP) is 4.97. The molecule has 0 aliphatic carbocycles. The van der Waals surface area contributed by atoms with Crippen molar-refractivity contribution in [1.82, 2.24) is 10.2 Å². The zero-order valence-corrected chi connectivity index (χ0v) is 23.4. The van der Waals surface area contributed by atoms with Gasteiger partial charge < -0.3 is 10.2 Å². The molecule has 0 saturated carbocycles. The third-order valence-electron chi connectivity index (χ3n) is 5.99. The number of nitrogens with zero attached hydrogens (tertiary/aromatic N) is 2. The summed E-state index contributed by atoms with van der Waals surface area (Å²) in [7, 11) is -2.64. The molecule has 0 unspecified atom stereocenters. The van der Waals surface area contributed by atoms with Crippen molar-refractivity contribution >= 4 is 50.7 Å². The van der Waals surface area contributed by atoms with Gasteiger partial charge in [-0.25, -0.2) is 8.42 Å². The molecule has 196 valence electrons. The fraction of sp³-hybridized carbons (Fsp3) is 0.259. The van der Waals surface area contributed by atoms with Gasteiger partial charge >= 0.3 is 0 Å². The van der Waals surface area contributed by atoms with Gasteiger partial charge in [-0.05, 0) is 67.8 Å². The molecule has 37 heavy (non-hydrogen) atoms. The van der Waals surface area contributed by atoms with Crippen LogP contribution in [0.4, 0.5) is 5.69 Å². The molecule has 0 radical (unpaired) electrons. The van der Waals surface area contributed by atoms with Gasteiger partial charge in [-0.15, -0.1) is 0 Å². The van der Waals surface area contributed by atoms with Crippen molar-refractivity contribution in [1.29, 1.82) is 0 Å². The summed E-state index contributed by atoms with van der Waals surface area (Å²) in [5.41, 5.74) is 2.56. The van der Waals surface area contributed by atoms with Crippen molar-refractivity contribution < 1.29 is 18.0 Å². The highest BCUT2D eigenvalue weighted by Gasteiger charge is 2.33. The van der Waals surface area contributed by atoms with Crippen LogP contribution in [0.25, 0.3) is 0 Å². The minimum atomic E-state index is -4.11. The zero-order chi connectivity index (χ0) is 27.3. The normalized spacial score (nSPS) is 12.1. The summed E-state index contributed by atoms with van der Waals surface area (Å²) in [6.07, 6.45) is 0. The van der Waals surface area contributed by atoms with E-state index in [9.17, 15) is 18.0 Å². The fourth-order valence-corrected chi connectivity index (χ4v) is 5.66. The van der Waals surface area contributed by atoms with E-state index in [2.05, 4.69) is 5.32 Å². The van der Waals surface area contributed by atoms with Gasteiger partial charge in [0.15, 0.2) is 0 Å². The highest BCUT2D eigenvalue weighted by Crippen LogP contribution is 2.29. The average molecular weight is 563 g/mol. The Bertz CT molecular complexity index is 1400. The molecule has 3 aromatic rings. The van der Waals surface area contributed by atoms with Gasteiger partial charge in [0, 0.05) is 13.6 Å². The Kier molecular flexibility index (Phi) is 9.23. The fourth-order valence-electron chi connectivity index (χ4n) is 3.85. The predicted molar refractivity (Wildman–Crippen MR) is 147 cm³/mol. The number of halogens is 2. The van der Waals surface area contributed by atoms with E-state index < -0.39 is 34.4 Å². The molecule has 0 aliphatic rings. The summed E-state index contributed by atoms with van der Waals surface area (Å²) in [5.74, 6) is -0.944. The number of hydrogen-bond acceptors (Lipinski definition) is 4. The molecule has 0 heterocycles. The first-order valence-electron chi connectivity index (χ1n) is 11.6. The van der Waals surface area contributed by atoms with E-state index in [1.54, 1.807) is 56.3 Å². The van der Waals surface area contributed by atoms with Gasteiger partial charge in [0.25, 0.3) is 10.0 Å². The van der Waals surface area contributed by atoms with Crippen molar-refractivity contribution in [3.8, 4) is 0 Å². The summed E-state index contributed by atoms with van der Waals surface area (Å²) in [5, 5.41) is 3.22. The van der Waals surface area contributed by atoms with Crippen LogP contribution in [-0.2, 0) is 26.2 Å². The van der Waals surface area contributed by atoms with Gasteiger partial charge in [-0.1, -0.05) is 59.6 Å². The maximum atomic E-state index is 13.8. The SMILES string of the molecule is CNC(=O)[C@H](C)N(Cc1ccc(Cl)c(Cl)c1)C(=O)CN(c1cc(C)ccc1C)S(=O)(=O)c1ccccc1. The standard InChI is InChI=1S/C27H29Cl2N3O4S/c1-18-10-11-19(2)25(14-18)32(37(35,36)22-8-6-5-7-9-22)17-26(33)31(20(3)27(34)30-4)16-21-12-13-23(28)24(29)15-21/h5-15,20H,16-17H2,1-4H3,(H,30,34)/t20-/m0/s1. The van der Waals surface area contributed by atoms with Crippen LogP contribution in [0.2, 0.25) is 10.0 Å². The van der Waals surface area contributed by atoms with Crippen LogP contribution >= 0.6 is 23.2 Å². The van der Waals surface area contributed by atoms with E-state index in [1.165, 1.54) is 24.1 Å². The molecule has 3 rings (SSSR count). The van der Waals surface area contributed by atoms with Crippen molar-refractivity contribution in [2.24, 2.45) is 0 Å². The van der Waals surface area contributed by atoms with Crippen molar-refractivity contribution in [3.63, 3.8) is 0 Å². The van der Waals surface area contributed by atoms with Crippen LogP contribution in [0.15, 0.2) is 71.6 Å². The topological polar surface area (TPSA) is 86.8 Å². The van der Waals surface area contributed by atoms with E-state index in [1.807, 2.05) is 19.1 Å². The van der Waals surface area contributed by atoms with E-state index >= 15 is 0 Å². The van der Waals surface area contributed by atoms with E-state index in [0.717, 1.165) is 9.87 Å². The summed E-state index contributed by atoms with van der Waals surface area (Å²) in [4.78, 5) is 27.7. The lowest BCUT2D eigenvalue weighted by molar-refractivity contribution is -0.139. The number of aryl methyl sites for hydroxylation is 2. The number of hydrogen-bond donors (Lipinski definition) is 1. The van der Waals surface area contributed by atoms with Crippen LogP contribution in [-0.4, -0.2) is 44.8 Å². The van der Waals surface area contributed by atoms with Crippen molar-refractivity contribution in [3.05, 3.63) is 93.5 Å². The van der Waals surface area contributed by atoms with Crippen LogP contribution in [0.3, 0.4) is 0 Å². The molecular formula is C27H29Cl2N3O4S. The zero-order valence-electron chi connectivity index (χ0n) is 21.0. The number of carbonyl (C=O) groups excluding carboxylic acids is 2. The van der Waals surface area contributed by atoms with Crippen LogP contribution in [0, 0.1) is 13.8 Å². The second-order valence-corrected chi connectivity index (χ2v) is 11.4. The summed E-state index contributed by atoms with van der Waals surface area (Å²) in [6.45, 7) is 4.73. The highest BCUT2D eigenvalue weighted by atomic mass is 35.5. The van der Waals surface area contributed by atoms with Crippen LogP contribution in [0.5, 0.6) is 0 Å². The molecule has 1 atom stereocenters. The highest BCUT2D eigenvalue weighted by molar-refractivity contribution is 7.92. The monoisotopic (exact) mass is 561 g/mol. The molecule has 7 nitrogen and oxygen atoms in total. The molecule has 0 aromatic heterocycles. The molecule has 0 spiro atoms. The maximum Gasteiger partial charge on any atom is 0.264 e. The van der Waals surface area contributed by atoms with E-state index in [-0.39, 0.29) is 11.4 Å². The molecule has 3 aromatic carbocycles. The Morgan fingerprint density at radius 2 is 1.62 bits per heavy atom. The molecule has 2 amide bonds. The third-order valence-corrected chi connectivity index (χ3v) is 8.51. The molecule has 10 heteroatoms. The third kappa shape index (κ3) is 6.63. The first-order valence-corrected chi connectivity index (χ1v) is 13.7. The van der Waals surface area contributed by atoms with Gasteiger partial charge in [0.05, 0.1) is 20.6 Å². The number of likely N-dealkylation sites (N-methyl/N-ethyl adjacent to an activating group) is 1. The molecule has 0 bridgehead atoms. The smallest absolute Gasteiger partial charge is 0.264 e. The first kappa shape index (κ1) is 28.5.